The molecule has 1 amide bonds. The number of pyridine rings is 1. The normalized spacial score (nSPS) is 10.7. The molecule has 0 aliphatic carbocycles. The van der Waals surface area contributed by atoms with E-state index in [2.05, 4.69) is 20.5 Å². The molecule has 7 nitrogen and oxygen atoms in total. The molecule has 144 valence electrons. The van der Waals surface area contributed by atoms with Gasteiger partial charge in [0.2, 0.25) is 0 Å². The van der Waals surface area contributed by atoms with Gasteiger partial charge in [0.15, 0.2) is 5.16 Å². The van der Waals surface area contributed by atoms with Crippen LogP contribution in [-0.4, -0.2) is 25.7 Å². The van der Waals surface area contributed by atoms with Crippen LogP contribution in [0.1, 0.15) is 10.4 Å². The minimum Gasteiger partial charge on any atom is -0.322 e. The lowest BCUT2D eigenvalue weighted by Crippen LogP contribution is -2.23. The maximum absolute atomic E-state index is 12.5. The summed E-state index contributed by atoms with van der Waals surface area (Å²) >= 11 is 1.47. The second kappa shape index (κ2) is 8.15. The second-order valence-electron chi connectivity index (χ2n) is 6.29. The molecule has 4 rings (SSSR count). The minimum atomic E-state index is -0.459. The van der Waals surface area contributed by atoms with Crippen LogP contribution in [0.5, 0.6) is 0 Å². The fraction of sp³-hybridized carbons (Fsp3) is 0.0476. The van der Waals surface area contributed by atoms with Crippen LogP contribution in [-0.2, 0) is 7.05 Å². The maximum atomic E-state index is 12.5. The van der Waals surface area contributed by atoms with E-state index in [4.69, 9.17) is 0 Å². The zero-order valence-electron chi connectivity index (χ0n) is 15.5. The Hall–Kier alpha value is -3.65. The summed E-state index contributed by atoms with van der Waals surface area (Å²) in [5.74, 6) is -0.459. The van der Waals surface area contributed by atoms with E-state index in [0.29, 0.717) is 11.4 Å². The van der Waals surface area contributed by atoms with Gasteiger partial charge in [-0.2, -0.15) is 0 Å². The first kappa shape index (κ1) is 18.7. The van der Waals surface area contributed by atoms with Crippen molar-refractivity contribution in [2.45, 2.75) is 10.1 Å². The standard InChI is InChI=1S/C21H17N5O2S/c1-26-13-22-25-21(26)29-16-9-7-15(8-10-16)23-19(27)17-11-12-18(24-20(17)28)14-5-3-2-4-6-14/h2-13H,1H3,(H,23,27)(H,24,28). The van der Waals surface area contributed by atoms with Gasteiger partial charge in [-0.1, -0.05) is 30.3 Å². The molecule has 0 saturated heterocycles. The number of anilines is 1. The number of nitrogens with zero attached hydrogens (tertiary/aromatic N) is 3. The zero-order valence-corrected chi connectivity index (χ0v) is 16.3. The molecule has 0 saturated carbocycles. The van der Waals surface area contributed by atoms with Gasteiger partial charge in [0, 0.05) is 23.3 Å². The van der Waals surface area contributed by atoms with E-state index in [-0.39, 0.29) is 5.56 Å². The zero-order chi connectivity index (χ0) is 20.2. The first-order chi connectivity index (χ1) is 14.1. The fourth-order valence-electron chi connectivity index (χ4n) is 2.71. The summed E-state index contributed by atoms with van der Waals surface area (Å²) < 4.78 is 1.83. The summed E-state index contributed by atoms with van der Waals surface area (Å²) in [7, 11) is 1.87. The molecule has 2 N–H and O–H groups in total. The molecule has 0 bridgehead atoms. The van der Waals surface area contributed by atoms with Gasteiger partial charge >= 0.3 is 0 Å². The third-order valence-electron chi connectivity index (χ3n) is 4.23. The lowest BCUT2D eigenvalue weighted by atomic mass is 10.1. The van der Waals surface area contributed by atoms with E-state index in [1.165, 1.54) is 17.8 Å². The van der Waals surface area contributed by atoms with Crippen molar-refractivity contribution in [1.29, 1.82) is 0 Å². The molecule has 0 aliphatic rings. The third-order valence-corrected chi connectivity index (χ3v) is 5.29. The number of carbonyl (C=O) groups excluding carboxylic acids is 1. The van der Waals surface area contributed by atoms with Crippen LogP contribution in [0.2, 0.25) is 0 Å². The highest BCUT2D eigenvalue weighted by molar-refractivity contribution is 7.99. The van der Waals surface area contributed by atoms with Crippen molar-refractivity contribution in [3.8, 4) is 11.3 Å². The Morgan fingerprint density at radius 1 is 1.03 bits per heavy atom. The summed E-state index contributed by atoms with van der Waals surface area (Å²) in [4.78, 5) is 28.6. The second-order valence-corrected chi connectivity index (χ2v) is 7.33. The largest absolute Gasteiger partial charge is 0.322 e. The number of aromatic nitrogens is 4. The summed E-state index contributed by atoms with van der Waals surface area (Å²) in [5.41, 5.74) is 1.77. The van der Waals surface area contributed by atoms with E-state index >= 15 is 0 Å². The number of aryl methyl sites for hydroxylation is 1. The van der Waals surface area contributed by atoms with Crippen LogP contribution in [0.3, 0.4) is 0 Å². The number of benzene rings is 2. The molecule has 0 fully saturated rings. The monoisotopic (exact) mass is 403 g/mol. The highest BCUT2D eigenvalue weighted by Gasteiger charge is 2.12. The number of nitrogens with one attached hydrogen (secondary N) is 2. The Kier molecular flexibility index (Phi) is 5.26. The molecule has 8 heteroatoms. The van der Waals surface area contributed by atoms with Crippen molar-refractivity contribution < 1.29 is 4.79 Å². The quantitative estimate of drug-likeness (QED) is 0.531. The van der Waals surface area contributed by atoms with Gasteiger partial charge < -0.3 is 14.9 Å². The first-order valence-electron chi connectivity index (χ1n) is 8.82. The number of H-pyrrole nitrogens is 1. The molecular weight excluding hydrogens is 386 g/mol. The molecule has 0 atom stereocenters. The van der Waals surface area contributed by atoms with Crippen molar-refractivity contribution in [2.75, 3.05) is 5.32 Å². The van der Waals surface area contributed by atoms with Gasteiger partial charge in [-0.05, 0) is 53.7 Å². The predicted molar refractivity (Wildman–Crippen MR) is 112 cm³/mol. The van der Waals surface area contributed by atoms with Crippen molar-refractivity contribution in [2.24, 2.45) is 7.05 Å². The Morgan fingerprint density at radius 2 is 1.79 bits per heavy atom. The number of aromatic amines is 1. The SMILES string of the molecule is Cn1cnnc1Sc1ccc(NC(=O)c2ccc(-c3ccccc3)[nH]c2=O)cc1. The Morgan fingerprint density at radius 3 is 2.45 bits per heavy atom. The van der Waals surface area contributed by atoms with Crippen molar-refractivity contribution in [3.63, 3.8) is 0 Å². The van der Waals surface area contributed by atoms with Gasteiger partial charge in [0.25, 0.3) is 11.5 Å². The van der Waals surface area contributed by atoms with Gasteiger partial charge in [-0.3, -0.25) is 9.59 Å². The smallest absolute Gasteiger partial charge is 0.261 e. The number of hydrogen-bond acceptors (Lipinski definition) is 5. The molecule has 29 heavy (non-hydrogen) atoms. The summed E-state index contributed by atoms with van der Waals surface area (Å²) in [5, 5.41) is 11.4. The lowest BCUT2D eigenvalue weighted by Gasteiger charge is -2.07. The molecule has 2 aromatic heterocycles. The van der Waals surface area contributed by atoms with E-state index < -0.39 is 11.5 Å². The van der Waals surface area contributed by atoms with Crippen LogP contribution in [0, 0.1) is 0 Å². The van der Waals surface area contributed by atoms with Crippen molar-refractivity contribution in [1.82, 2.24) is 19.7 Å². The van der Waals surface area contributed by atoms with E-state index in [9.17, 15) is 9.59 Å². The average molecular weight is 403 g/mol. The van der Waals surface area contributed by atoms with Gasteiger partial charge in [-0.15, -0.1) is 10.2 Å². The summed E-state index contributed by atoms with van der Waals surface area (Å²) in [6.07, 6.45) is 1.64. The van der Waals surface area contributed by atoms with E-state index in [1.807, 2.05) is 54.1 Å². The molecule has 0 spiro atoms. The summed E-state index contributed by atoms with van der Waals surface area (Å²) in [6, 6.07) is 20.0. The van der Waals surface area contributed by atoms with Gasteiger partial charge in [-0.25, -0.2) is 0 Å². The van der Waals surface area contributed by atoms with Gasteiger partial charge in [0.05, 0.1) is 0 Å². The summed E-state index contributed by atoms with van der Waals surface area (Å²) in [6.45, 7) is 0. The van der Waals surface area contributed by atoms with Crippen LogP contribution in [0.4, 0.5) is 5.69 Å². The number of rotatable bonds is 5. The van der Waals surface area contributed by atoms with Crippen LogP contribution < -0.4 is 10.9 Å². The molecule has 2 aromatic carbocycles. The molecular formula is C21H17N5O2S. The number of hydrogen-bond donors (Lipinski definition) is 2. The minimum absolute atomic E-state index is 0.0576. The van der Waals surface area contributed by atoms with Crippen molar-refractivity contribution in [3.05, 3.63) is 89.0 Å². The molecule has 0 unspecified atom stereocenters. The Labute approximate surface area is 170 Å². The van der Waals surface area contributed by atoms with Crippen molar-refractivity contribution >= 4 is 23.4 Å². The van der Waals surface area contributed by atoms with E-state index in [1.54, 1.807) is 24.5 Å². The lowest BCUT2D eigenvalue weighted by molar-refractivity contribution is 0.102. The predicted octanol–water partition coefficient (Wildman–Crippen LogP) is 3.57. The fourth-order valence-corrected chi connectivity index (χ4v) is 3.48. The Bertz CT molecular complexity index is 1200. The molecule has 4 aromatic rings. The van der Waals surface area contributed by atoms with Crippen LogP contribution >= 0.6 is 11.8 Å². The Balaban J connectivity index is 1.46. The highest BCUT2D eigenvalue weighted by atomic mass is 32.2. The topological polar surface area (TPSA) is 92.7 Å². The van der Waals surface area contributed by atoms with E-state index in [0.717, 1.165) is 15.6 Å². The maximum Gasteiger partial charge on any atom is 0.261 e. The third kappa shape index (κ3) is 4.27. The van der Waals surface area contributed by atoms with Crippen LogP contribution in [0.25, 0.3) is 11.3 Å². The number of carbonyl (C=O) groups is 1. The molecule has 0 radical (unpaired) electrons. The van der Waals surface area contributed by atoms with Crippen LogP contribution in [0.15, 0.2) is 87.9 Å². The highest BCUT2D eigenvalue weighted by Crippen LogP contribution is 2.26. The molecule has 0 aliphatic heterocycles. The number of amides is 1. The van der Waals surface area contributed by atoms with Gasteiger partial charge in [0.1, 0.15) is 11.9 Å². The average Bonchev–Trinajstić information content (AvgIpc) is 3.14. The molecule has 2 heterocycles. The first-order valence-corrected chi connectivity index (χ1v) is 9.64.